The Morgan fingerprint density at radius 1 is 1.00 bits per heavy atom. The van der Waals surface area contributed by atoms with Gasteiger partial charge in [-0.25, -0.2) is 26.3 Å². The Morgan fingerprint density at radius 2 is 1.76 bits per heavy atom. The number of rotatable bonds is 8. The van der Waals surface area contributed by atoms with Gasteiger partial charge in [0, 0.05) is 25.5 Å². The van der Waals surface area contributed by atoms with E-state index in [9.17, 15) is 16.8 Å². The molecule has 9 heteroatoms. The maximum absolute atomic E-state index is 12.2. The summed E-state index contributed by atoms with van der Waals surface area (Å²) >= 11 is 0. The summed E-state index contributed by atoms with van der Waals surface area (Å²) in [5.41, 5.74) is 2.57. The van der Waals surface area contributed by atoms with Crippen LogP contribution in [-0.2, 0) is 26.6 Å². The van der Waals surface area contributed by atoms with E-state index < -0.39 is 20.0 Å². The van der Waals surface area contributed by atoms with Crippen LogP contribution >= 0.6 is 0 Å². The Hall–Kier alpha value is -1.81. The number of aryl methyl sites for hydroxylation is 2. The van der Waals surface area contributed by atoms with Crippen LogP contribution in [0.25, 0.3) is 0 Å². The normalized spacial score (nSPS) is 12.2. The first kappa shape index (κ1) is 19.5. The Morgan fingerprint density at radius 3 is 2.40 bits per heavy atom. The average Bonchev–Trinajstić information content (AvgIpc) is 2.56. The molecule has 0 amide bonds. The summed E-state index contributed by atoms with van der Waals surface area (Å²) in [4.78, 5) is 4.02. The zero-order valence-electron chi connectivity index (χ0n) is 14.1. The van der Waals surface area contributed by atoms with Gasteiger partial charge in [0.1, 0.15) is 0 Å². The predicted octanol–water partition coefficient (Wildman–Crippen LogP) is 1.10. The number of aromatic nitrogens is 1. The summed E-state index contributed by atoms with van der Waals surface area (Å²) in [6.07, 6.45) is 3.16. The highest BCUT2D eigenvalue weighted by Gasteiger charge is 2.17. The monoisotopic (exact) mass is 383 g/mol. The van der Waals surface area contributed by atoms with E-state index in [0.717, 1.165) is 16.7 Å². The Labute approximate surface area is 148 Å². The lowest BCUT2D eigenvalue weighted by Gasteiger charge is -2.10. The number of hydrogen-bond donors (Lipinski definition) is 2. The number of sulfonamides is 2. The smallest absolute Gasteiger partial charge is 0.240 e. The van der Waals surface area contributed by atoms with Crippen molar-refractivity contribution in [3.8, 4) is 0 Å². The third-order valence-corrected chi connectivity index (χ3v) is 6.45. The van der Waals surface area contributed by atoms with E-state index in [4.69, 9.17) is 0 Å². The number of nitrogens with zero attached hydrogens (tertiary/aromatic N) is 1. The van der Waals surface area contributed by atoms with E-state index in [1.165, 1.54) is 6.07 Å². The predicted molar refractivity (Wildman–Crippen MR) is 96.0 cm³/mol. The fourth-order valence-corrected chi connectivity index (χ4v) is 4.19. The highest BCUT2D eigenvalue weighted by atomic mass is 32.2. The quantitative estimate of drug-likeness (QED) is 0.710. The maximum atomic E-state index is 12.2. The molecule has 1 aromatic carbocycles. The molecule has 136 valence electrons. The largest absolute Gasteiger partial charge is 0.264 e. The minimum Gasteiger partial charge on any atom is -0.264 e. The minimum atomic E-state index is -3.74. The molecule has 2 aromatic rings. The van der Waals surface area contributed by atoms with Crippen molar-refractivity contribution in [3.05, 3.63) is 59.4 Å². The molecule has 0 radical (unpaired) electrons. The Balaban J connectivity index is 1.90. The molecule has 0 aliphatic heterocycles. The first-order valence-corrected chi connectivity index (χ1v) is 10.8. The van der Waals surface area contributed by atoms with Crippen LogP contribution in [0.15, 0.2) is 47.6 Å². The van der Waals surface area contributed by atoms with Crippen LogP contribution in [0.3, 0.4) is 0 Å². The second kappa shape index (κ2) is 8.05. The van der Waals surface area contributed by atoms with E-state index in [0.29, 0.717) is 0 Å². The molecule has 0 bridgehead atoms. The van der Waals surface area contributed by atoms with E-state index >= 15 is 0 Å². The van der Waals surface area contributed by atoms with Gasteiger partial charge < -0.3 is 0 Å². The van der Waals surface area contributed by atoms with E-state index in [2.05, 4.69) is 14.4 Å². The van der Waals surface area contributed by atoms with Gasteiger partial charge in [-0.05, 0) is 48.7 Å². The minimum absolute atomic E-state index is 0.111. The van der Waals surface area contributed by atoms with Crippen LogP contribution in [0, 0.1) is 13.8 Å². The van der Waals surface area contributed by atoms with Crippen LogP contribution in [-0.4, -0.2) is 34.1 Å². The number of benzene rings is 1. The van der Waals surface area contributed by atoms with Crippen LogP contribution in [0.1, 0.15) is 16.7 Å². The van der Waals surface area contributed by atoms with Gasteiger partial charge in [-0.15, -0.1) is 0 Å². The van der Waals surface area contributed by atoms with E-state index in [1.807, 2.05) is 13.8 Å². The van der Waals surface area contributed by atoms with Crippen LogP contribution in [0.4, 0.5) is 0 Å². The van der Waals surface area contributed by atoms with Crippen molar-refractivity contribution in [1.29, 1.82) is 0 Å². The van der Waals surface area contributed by atoms with Crippen LogP contribution < -0.4 is 9.44 Å². The molecule has 0 spiro atoms. The fourth-order valence-electron chi connectivity index (χ4n) is 2.04. The molecule has 7 nitrogen and oxygen atoms in total. The van der Waals surface area contributed by atoms with Gasteiger partial charge in [0.2, 0.25) is 20.0 Å². The average molecular weight is 383 g/mol. The summed E-state index contributed by atoms with van der Waals surface area (Å²) in [6.45, 7) is 3.61. The molecule has 0 saturated heterocycles. The van der Waals surface area contributed by atoms with Gasteiger partial charge in [0.25, 0.3) is 0 Å². The molecule has 0 saturated carbocycles. The molecule has 1 heterocycles. The van der Waals surface area contributed by atoms with Gasteiger partial charge in [0.05, 0.1) is 10.6 Å². The lowest BCUT2D eigenvalue weighted by atomic mass is 10.1. The second-order valence-electron chi connectivity index (χ2n) is 5.65. The Kier molecular flexibility index (Phi) is 6.28. The third-order valence-electron chi connectivity index (χ3n) is 3.67. The topological polar surface area (TPSA) is 105 Å². The standard InChI is InChI=1S/C16H21N3O4S2/c1-13-5-6-16(10-14(13)2)25(22,23)18-8-9-24(20,21)19-12-15-4-3-7-17-11-15/h3-7,10-11,18-19H,8-9,12H2,1-2H3. The molecule has 25 heavy (non-hydrogen) atoms. The van der Waals surface area contributed by atoms with Gasteiger partial charge in [0.15, 0.2) is 0 Å². The fraction of sp³-hybridized carbons (Fsp3) is 0.312. The zero-order chi connectivity index (χ0) is 18.5. The molecule has 0 aliphatic carbocycles. The van der Waals surface area contributed by atoms with Crippen LogP contribution in [0.5, 0.6) is 0 Å². The van der Waals surface area contributed by atoms with Crippen molar-refractivity contribution in [2.45, 2.75) is 25.3 Å². The molecule has 0 unspecified atom stereocenters. The summed E-state index contributed by atoms with van der Waals surface area (Å²) in [7, 11) is -7.35. The lowest BCUT2D eigenvalue weighted by Crippen LogP contribution is -2.34. The van der Waals surface area contributed by atoms with Crippen molar-refractivity contribution in [2.24, 2.45) is 0 Å². The first-order valence-electron chi connectivity index (χ1n) is 7.63. The van der Waals surface area contributed by atoms with E-state index in [-0.39, 0.29) is 23.7 Å². The van der Waals surface area contributed by atoms with Crippen molar-refractivity contribution in [2.75, 3.05) is 12.3 Å². The first-order chi connectivity index (χ1) is 11.7. The molecule has 2 N–H and O–H groups in total. The Bertz CT molecular complexity index is 927. The van der Waals surface area contributed by atoms with Crippen molar-refractivity contribution in [3.63, 3.8) is 0 Å². The summed E-state index contributed by atoms with van der Waals surface area (Å²) < 4.78 is 53.1. The maximum Gasteiger partial charge on any atom is 0.240 e. The summed E-state index contributed by atoms with van der Waals surface area (Å²) in [5, 5.41) is 0. The molecule has 2 rings (SSSR count). The number of nitrogens with one attached hydrogen (secondary N) is 2. The number of hydrogen-bond acceptors (Lipinski definition) is 5. The summed E-state index contributed by atoms with van der Waals surface area (Å²) in [5.74, 6) is -0.350. The van der Waals surface area contributed by atoms with Gasteiger partial charge >= 0.3 is 0 Å². The molecule has 0 aliphatic rings. The highest BCUT2D eigenvalue weighted by Crippen LogP contribution is 2.14. The summed E-state index contributed by atoms with van der Waals surface area (Å²) in [6, 6.07) is 8.24. The van der Waals surface area contributed by atoms with Gasteiger partial charge in [-0.3, -0.25) is 4.98 Å². The van der Waals surface area contributed by atoms with Gasteiger partial charge in [-0.2, -0.15) is 0 Å². The third kappa shape index (κ3) is 5.89. The SMILES string of the molecule is Cc1ccc(S(=O)(=O)NCCS(=O)(=O)NCc2cccnc2)cc1C. The highest BCUT2D eigenvalue weighted by molar-refractivity contribution is 7.90. The lowest BCUT2D eigenvalue weighted by molar-refractivity contribution is 0.575. The van der Waals surface area contributed by atoms with Crippen molar-refractivity contribution < 1.29 is 16.8 Å². The molecule has 0 fully saturated rings. The zero-order valence-corrected chi connectivity index (χ0v) is 15.7. The van der Waals surface area contributed by atoms with Crippen LogP contribution in [0.2, 0.25) is 0 Å². The van der Waals surface area contributed by atoms with Crippen molar-refractivity contribution >= 4 is 20.0 Å². The second-order valence-corrected chi connectivity index (χ2v) is 9.34. The van der Waals surface area contributed by atoms with E-state index in [1.54, 1.807) is 36.7 Å². The molecular weight excluding hydrogens is 362 g/mol. The number of pyridine rings is 1. The molecule has 0 atom stereocenters. The molecular formula is C16H21N3O4S2. The molecule has 1 aromatic heterocycles. The van der Waals surface area contributed by atoms with Crippen molar-refractivity contribution in [1.82, 2.24) is 14.4 Å². The van der Waals surface area contributed by atoms with Gasteiger partial charge in [-0.1, -0.05) is 12.1 Å².